The molecule has 0 saturated carbocycles. The predicted octanol–water partition coefficient (Wildman–Crippen LogP) is 1.94. The van der Waals surface area contributed by atoms with E-state index in [9.17, 15) is 20.1 Å². The van der Waals surface area contributed by atoms with Crippen LogP contribution in [0.5, 0.6) is 17.2 Å². The lowest BCUT2D eigenvalue weighted by atomic mass is 9.66. The van der Waals surface area contributed by atoms with Crippen molar-refractivity contribution in [1.29, 1.82) is 0 Å². The van der Waals surface area contributed by atoms with Crippen molar-refractivity contribution in [2.24, 2.45) is 0 Å². The molecule has 1 atom stereocenters. The number of benzene rings is 2. The number of hydrogen-bond donors (Lipinski definition) is 3. The Hall–Kier alpha value is -3.61. The van der Waals surface area contributed by atoms with Gasteiger partial charge in [0, 0.05) is 25.2 Å². The van der Waals surface area contributed by atoms with Gasteiger partial charge in [0.25, 0.3) is 5.91 Å². The van der Waals surface area contributed by atoms with Crippen molar-refractivity contribution < 1.29 is 20.1 Å². The molecule has 0 saturated heterocycles. The number of carbonyl (C=O) groups is 1. The zero-order valence-electron chi connectivity index (χ0n) is 16.6. The molecule has 6 heteroatoms. The van der Waals surface area contributed by atoms with Gasteiger partial charge in [-0.2, -0.15) is 0 Å². The van der Waals surface area contributed by atoms with Crippen molar-refractivity contribution in [3.63, 3.8) is 0 Å². The van der Waals surface area contributed by atoms with Crippen LogP contribution in [-0.4, -0.2) is 57.2 Å². The molecule has 152 valence electrons. The summed E-state index contributed by atoms with van der Waals surface area (Å²) in [5, 5.41) is 30.7. The Kier molecular flexibility index (Phi) is 4.61. The number of amides is 1. The van der Waals surface area contributed by atoms with Crippen LogP contribution in [0.25, 0.3) is 0 Å². The van der Waals surface area contributed by atoms with Gasteiger partial charge >= 0.3 is 0 Å². The maximum absolute atomic E-state index is 13.1. The lowest BCUT2D eigenvalue weighted by Gasteiger charge is -2.49. The molecule has 0 aliphatic carbocycles. The van der Waals surface area contributed by atoms with Gasteiger partial charge in [0.1, 0.15) is 5.75 Å². The highest BCUT2D eigenvalue weighted by atomic mass is 16.3. The van der Waals surface area contributed by atoms with E-state index in [4.69, 9.17) is 12.8 Å². The molecular weight excluding hydrogens is 380 g/mol. The summed E-state index contributed by atoms with van der Waals surface area (Å²) in [5.74, 6) is 4.44. The molecule has 2 aliphatic heterocycles. The molecule has 0 bridgehead atoms. The number of rotatable bonds is 2. The van der Waals surface area contributed by atoms with E-state index < -0.39 is 5.41 Å². The molecule has 0 fully saturated rings. The van der Waals surface area contributed by atoms with Crippen LogP contribution < -0.4 is 0 Å². The largest absolute Gasteiger partial charge is 0.508 e. The van der Waals surface area contributed by atoms with Gasteiger partial charge in [-0.1, -0.05) is 17.9 Å². The van der Waals surface area contributed by atoms with Crippen molar-refractivity contribution in [2.45, 2.75) is 18.9 Å². The monoisotopic (exact) mass is 402 g/mol. The quantitative estimate of drug-likeness (QED) is 0.528. The Balaban J connectivity index is 2.04. The molecule has 2 aromatic carbocycles. The van der Waals surface area contributed by atoms with E-state index in [1.165, 1.54) is 12.1 Å². The van der Waals surface area contributed by atoms with Crippen LogP contribution in [-0.2, 0) is 12.0 Å². The van der Waals surface area contributed by atoms with Crippen LogP contribution in [0.4, 0.5) is 0 Å². The highest BCUT2D eigenvalue weighted by Crippen LogP contribution is 2.48. The maximum Gasteiger partial charge on any atom is 0.255 e. The second-order valence-corrected chi connectivity index (χ2v) is 7.98. The number of carbonyl (C=O) groups excluding carboxylic acids is 1. The second-order valence-electron chi connectivity index (χ2n) is 7.98. The molecule has 1 amide bonds. The molecule has 0 radical (unpaired) electrons. The van der Waals surface area contributed by atoms with Gasteiger partial charge in [0.15, 0.2) is 11.5 Å². The average Bonchev–Trinajstić information content (AvgIpc) is 2.69. The fraction of sp³-hybridized carbons (Fsp3) is 0.292. The normalized spacial score (nSPS) is 20.4. The molecule has 1 spiro atoms. The number of phenolic OH excluding ortho intramolecular Hbond substituents is 3. The molecule has 3 N–H and O–H groups in total. The molecular formula is C24H22N2O4. The lowest BCUT2D eigenvalue weighted by Crippen LogP contribution is -2.57. The van der Waals surface area contributed by atoms with Crippen molar-refractivity contribution >= 4 is 5.91 Å². The number of hydrogen-bond acceptors (Lipinski definition) is 5. The van der Waals surface area contributed by atoms with Crippen LogP contribution in [0, 0.1) is 31.6 Å². The predicted molar refractivity (Wildman–Crippen MR) is 112 cm³/mol. The SMILES string of the molecule is C#CCN1Cc2cc(O)c(C)cc2C2(C1)CN(CC#C)C(=O)c1cc(O)c(O)cc12. The van der Waals surface area contributed by atoms with Gasteiger partial charge in [0.2, 0.25) is 0 Å². The summed E-state index contributed by atoms with van der Waals surface area (Å²) in [6, 6.07) is 6.41. The Morgan fingerprint density at radius 1 is 0.967 bits per heavy atom. The summed E-state index contributed by atoms with van der Waals surface area (Å²) in [5.41, 5.74) is 2.74. The number of fused-ring (bicyclic) bond motifs is 4. The van der Waals surface area contributed by atoms with Crippen LogP contribution in [0.3, 0.4) is 0 Å². The number of phenols is 3. The van der Waals surface area contributed by atoms with Crippen LogP contribution in [0.2, 0.25) is 0 Å². The summed E-state index contributed by atoms with van der Waals surface area (Å²) in [4.78, 5) is 16.7. The van der Waals surface area contributed by atoms with Crippen molar-refractivity contribution in [1.82, 2.24) is 9.80 Å². The first kappa shape index (κ1) is 19.7. The van der Waals surface area contributed by atoms with Gasteiger partial charge in [-0.05, 0) is 47.4 Å². The Morgan fingerprint density at radius 2 is 1.67 bits per heavy atom. The number of aromatic hydroxyl groups is 3. The minimum Gasteiger partial charge on any atom is -0.508 e. The first-order valence-corrected chi connectivity index (χ1v) is 9.58. The van der Waals surface area contributed by atoms with Crippen LogP contribution in [0.15, 0.2) is 24.3 Å². The first-order chi connectivity index (χ1) is 14.3. The van der Waals surface area contributed by atoms with Gasteiger partial charge in [0.05, 0.1) is 18.5 Å². The molecule has 0 aromatic heterocycles. The van der Waals surface area contributed by atoms with E-state index in [0.717, 1.165) is 11.1 Å². The fourth-order valence-corrected chi connectivity index (χ4v) is 4.73. The standard InChI is InChI=1S/C24H22N2O4/c1-4-6-25-12-16-9-20(27)15(3)8-18(16)24(13-25)14-26(7-5-2)23(30)17-10-21(28)22(29)11-19(17)24/h1-2,8-11,27-29H,6-7,12-14H2,3H3. The number of terminal acetylenes is 2. The molecule has 30 heavy (non-hydrogen) atoms. The van der Waals surface area contributed by atoms with E-state index in [1.807, 2.05) is 13.0 Å². The molecule has 2 aliphatic rings. The summed E-state index contributed by atoms with van der Waals surface area (Å²) in [6.07, 6.45) is 11.1. The maximum atomic E-state index is 13.1. The fourth-order valence-electron chi connectivity index (χ4n) is 4.73. The zero-order valence-corrected chi connectivity index (χ0v) is 16.6. The van der Waals surface area contributed by atoms with Crippen molar-refractivity contribution in [3.05, 3.63) is 52.1 Å². The summed E-state index contributed by atoms with van der Waals surface area (Å²) >= 11 is 0. The number of aryl methyl sites for hydroxylation is 1. The first-order valence-electron chi connectivity index (χ1n) is 9.58. The average molecular weight is 402 g/mol. The van der Waals surface area contributed by atoms with Crippen molar-refractivity contribution in [3.8, 4) is 41.9 Å². The highest BCUT2D eigenvalue weighted by molar-refractivity contribution is 5.99. The van der Waals surface area contributed by atoms with E-state index in [2.05, 4.69) is 16.7 Å². The Bertz CT molecular complexity index is 1140. The molecule has 4 rings (SSSR count). The third-order valence-electron chi connectivity index (χ3n) is 6.03. The summed E-state index contributed by atoms with van der Waals surface area (Å²) in [6.45, 7) is 3.67. The highest BCUT2D eigenvalue weighted by Gasteiger charge is 2.49. The van der Waals surface area contributed by atoms with Gasteiger partial charge in [-0.15, -0.1) is 12.8 Å². The van der Waals surface area contributed by atoms with Gasteiger partial charge in [-0.3, -0.25) is 9.69 Å². The number of nitrogens with zero attached hydrogens (tertiary/aromatic N) is 2. The second kappa shape index (κ2) is 7.02. The topological polar surface area (TPSA) is 84.2 Å². The minimum absolute atomic E-state index is 0.114. The third kappa shape index (κ3) is 2.85. The zero-order chi connectivity index (χ0) is 21.6. The molecule has 2 heterocycles. The van der Waals surface area contributed by atoms with E-state index >= 15 is 0 Å². The van der Waals surface area contributed by atoms with Crippen LogP contribution in [0.1, 0.15) is 32.6 Å². The molecule has 2 aromatic rings. The Morgan fingerprint density at radius 3 is 2.37 bits per heavy atom. The van der Waals surface area contributed by atoms with E-state index in [0.29, 0.717) is 42.9 Å². The van der Waals surface area contributed by atoms with Crippen molar-refractivity contribution in [2.75, 3.05) is 26.2 Å². The lowest BCUT2D eigenvalue weighted by molar-refractivity contribution is 0.0678. The van der Waals surface area contributed by atoms with Crippen LogP contribution >= 0.6 is 0 Å². The smallest absolute Gasteiger partial charge is 0.255 e. The summed E-state index contributed by atoms with van der Waals surface area (Å²) < 4.78 is 0. The minimum atomic E-state index is -0.728. The molecule has 1 unspecified atom stereocenters. The van der Waals surface area contributed by atoms with Gasteiger partial charge < -0.3 is 20.2 Å². The van der Waals surface area contributed by atoms with E-state index in [1.54, 1.807) is 11.0 Å². The third-order valence-corrected chi connectivity index (χ3v) is 6.03. The molecule has 6 nitrogen and oxygen atoms in total. The van der Waals surface area contributed by atoms with E-state index in [-0.39, 0.29) is 29.7 Å². The Labute approximate surface area is 175 Å². The summed E-state index contributed by atoms with van der Waals surface area (Å²) in [7, 11) is 0. The van der Waals surface area contributed by atoms with Gasteiger partial charge in [-0.25, -0.2) is 0 Å².